The highest BCUT2D eigenvalue weighted by atomic mass is 35.5. The second-order valence-corrected chi connectivity index (χ2v) is 8.05. The van der Waals surface area contributed by atoms with Crippen LogP contribution < -0.4 is 10.2 Å². The zero-order valence-corrected chi connectivity index (χ0v) is 18.4. The number of rotatable bonds is 7. The van der Waals surface area contributed by atoms with Gasteiger partial charge in [0.2, 0.25) is 5.91 Å². The number of nitrogens with one attached hydrogen (secondary N) is 1. The van der Waals surface area contributed by atoms with E-state index in [9.17, 15) is 4.79 Å². The van der Waals surface area contributed by atoms with Gasteiger partial charge in [0.15, 0.2) is 11.7 Å². The summed E-state index contributed by atoms with van der Waals surface area (Å²) in [6, 6.07) is 15.4. The van der Waals surface area contributed by atoms with E-state index in [0.717, 1.165) is 49.7 Å². The average molecular weight is 439 g/mol. The van der Waals surface area contributed by atoms with E-state index in [-0.39, 0.29) is 5.91 Å². The second-order valence-electron chi connectivity index (χ2n) is 7.61. The summed E-state index contributed by atoms with van der Waals surface area (Å²) in [7, 11) is 0. The van der Waals surface area contributed by atoms with Crippen molar-refractivity contribution in [3.05, 3.63) is 65.6 Å². The summed E-state index contributed by atoms with van der Waals surface area (Å²) in [5.41, 5.74) is 2.84. The average Bonchev–Trinajstić information content (AvgIpc) is 3.28. The van der Waals surface area contributed by atoms with Crippen LogP contribution in [0.25, 0.3) is 11.3 Å². The lowest BCUT2D eigenvalue weighted by molar-refractivity contribution is -0.116. The fraction of sp³-hybridized carbons (Fsp3) is 0.333. The smallest absolute Gasteiger partial charge is 0.224 e. The number of benzene rings is 2. The van der Waals surface area contributed by atoms with E-state index in [0.29, 0.717) is 29.5 Å². The number of hydrogen-bond donors (Lipinski definition) is 1. The van der Waals surface area contributed by atoms with Crippen molar-refractivity contribution < 1.29 is 9.21 Å². The molecular weight excluding hydrogens is 412 g/mol. The number of aryl methyl sites for hydroxylation is 1. The van der Waals surface area contributed by atoms with E-state index >= 15 is 0 Å². The van der Waals surface area contributed by atoms with Crippen LogP contribution in [-0.2, 0) is 11.2 Å². The van der Waals surface area contributed by atoms with Gasteiger partial charge in [-0.3, -0.25) is 4.79 Å². The minimum Gasteiger partial charge on any atom is -0.441 e. The first-order chi connectivity index (χ1) is 15.1. The molecule has 1 aliphatic rings. The predicted molar refractivity (Wildman–Crippen MR) is 125 cm³/mol. The molecule has 0 radical (unpaired) electrons. The molecular formula is C24H27ClN4O2. The van der Waals surface area contributed by atoms with Crippen LogP contribution in [0.3, 0.4) is 0 Å². The number of likely N-dealkylation sites (N-methyl/N-ethyl adjacent to an activating group) is 1. The SMILES string of the molecule is CCN1CCN(c2ccccc2NC(=O)CCc2ncc(-c3ccc(Cl)cc3)o2)CC1. The van der Waals surface area contributed by atoms with Gasteiger partial charge in [-0.2, -0.15) is 0 Å². The highest BCUT2D eigenvalue weighted by molar-refractivity contribution is 6.30. The number of para-hydroxylation sites is 2. The van der Waals surface area contributed by atoms with Crippen molar-refractivity contribution in [2.45, 2.75) is 19.8 Å². The summed E-state index contributed by atoms with van der Waals surface area (Å²) in [5, 5.41) is 3.74. The quantitative estimate of drug-likeness (QED) is 0.579. The molecule has 0 spiro atoms. The molecule has 0 saturated carbocycles. The third kappa shape index (κ3) is 5.46. The Labute approximate surface area is 187 Å². The van der Waals surface area contributed by atoms with Crippen LogP contribution in [0.5, 0.6) is 0 Å². The molecule has 0 bridgehead atoms. The maximum absolute atomic E-state index is 12.6. The van der Waals surface area contributed by atoms with Crippen molar-refractivity contribution in [1.29, 1.82) is 0 Å². The Morgan fingerprint density at radius 2 is 1.84 bits per heavy atom. The van der Waals surface area contributed by atoms with E-state index in [1.807, 2.05) is 42.5 Å². The molecule has 2 heterocycles. The molecule has 162 valence electrons. The Bertz CT molecular complexity index is 1010. The number of aromatic nitrogens is 1. The monoisotopic (exact) mass is 438 g/mol. The number of amides is 1. The summed E-state index contributed by atoms with van der Waals surface area (Å²) >= 11 is 5.93. The lowest BCUT2D eigenvalue weighted by Crippen LogP contribution is -2.46. The molecule has 7 heteroatoms. The molecule has 6 nitrogen and oxygen atoms in total. The van der Waals surface area contributed by atoms with Gasteiger partial charge in [0.25, 0.3) is 0 Å². The topological polar surface area (TPSA) is 61.6 Å². The molecule has 0 atom stereocenters. The fourth-order valence-electron chi connectivity index (χ4n) is 3.77. The largest absolute Gasteiger partial charge is 0.441 e. The zero-order chi connectivity index (χ0) is 21.6. The Balaban J connectivity index is 1.34. The Morgan fingerprint density at radius 3 is 2.58 bits per heavy atom. The van der Waals surface area contributed by atoms with Crippen LogP contribution in [-0.4, -0.2) is 48.5 Å². The third-order valence-corrected chi connectivity index (χ3v) is 5.84. The van der Waals surface area contributed by atoms with Gasteiger partial charge >= 0.3 is 0 Å². The molecule has 1 N–H and O–H groups in total. The van der Waals surface area contributed by atoms with Gasteiger partial charge in [0.1, 0.15) is 0 Å². The summed E-state index contributed by atoms with van der Waals surface area (Å²) in [6.45, 7) is 7.27. The fourth-order valence-corrected chi connectivity index (χ4v) is 3.89. The van der Waals surface area contributed by atoms with Crippen molar-refractivity contribution in [3.63, 3.8) is 0 Å². The maximum atomic E-state index is 12.6. The number of nitrogens with zero attached hydrogens (tertiary/aromatic N) is 3. The zero-order valence-electron chi connectivity index (χ0n) is 17.7. The molecule has 1 saturated heterocycles. The Morgan fingerprint density at radius 1 is 1.10 bits per heavy atom. The van der Waals surface area contributed by atoms with Crippen molar-refractivity contribution in [2.24, 2.45) is 0 Å². The predicted octanol–water partition coefficient (Wildman–Crippen LogP) is 4.71. The van der Waals surface area contributed by atoms with E-state index in [1.165, 1.54) is 0 Å². The summed E-state index contributed by atoms with van der Waals surface area (Å²) < 4.78 is 5.80. The van der Waals surface area contributed by atoms with Crippen LogP contribution in [0.1, 0.15) is 19.2 Å². The van der Waals surface area contributed by atoms with Crippen molar-refractivity contribution in [1.82, 2.24) is 9.88 Å². The van der Waals surface area contributed by atoms with E-state index in [4.69, 9.17) is 16.0 Å². The number of hydrogen-bond acceptors (Lipinski definition) is 5. The lowest BCUT2D eigenvalue weighted by Gasteiger charge is -2.36. The van der Waals surface area contributed by atoms with Gasteiger partial charge in [0.05, 0.1) is 17.6 Å². The first kappa shape index (κ1) is 21.4. The van der Waals surface area contributed by atoms with Crippen LogP contribution in [0.15, 0.2) is 59.1 Å². The number of carbonyl (C=O) groups is 1. The molecule has 1 aromatic heterocycles. The Hall–Kier alpha value is -2.83. The molecule has 2 aromatic carbocycles. The van der Waals surface area contributed by atoms with Gasteiger partial charge < -0.3 is 19.5 Å². The van der Waals surface area contributed by atoms with Gasteiger partial charge in [0, 0.05) is 49.6 Å². The molecule has 1 amide bonds. The van der Waals surface area contributed by atoms with Crippen LogP contribution in [0.4, 0.5) is 11.4 Å². The third-order valence-electron chi connectivity index (χ3n) is 5.59. The first-order valence-electron chi connectivity index (χ1n) is 10.7. The summed E-state index contributed by atoms with van der Waals surface area (Å²) in [6.07, 6.45) is 2.43. The highest BCUT2D eigenvalue weighted by Gasteiger charge is 2.19. The van der Waals surface area contributed by atoms with E-state index < -0.39 is 0 Å². The van der Waals surface area contributed by atoms with Gasteiger partial charge in [-0.15, -0.1) is 0 Å². The number of piperazine rings is 1. The number of carbonyl (C=O) groups excluding carboxylic acids is 1. The van der Waals surface area contributed by atoms with Gasteiger partial charge in [-0.25, -0.2) is 4.98 Å². The molecule has 1 aliphatic heterocycles. The van der Waals surface area contributed by atoms with Crippen LogP contribution >= 0.6 is 11.6 Å². The van der Waals surface area contributed by atoms with Gasteiger partial charge in [-0.1, -0.05) is 30.7 Å². The van der Waals surface area contributed by atoms with Crippen molar-refractivity contribution >= 4 is 28.9 Å². The number of halogens is 1. The van der Waals surface area contributed by atoms with E-state index in [2.05, 4.69) is 33.1 Å². The summed E-state index contributed by atoms with van der Waals surface area (Å²) in [5.74, 6) is 1.17. The van der Waals surface area contributed by atoms with E-state index in [1.54, 1.807) is 6.20 Å². The normalized spacial score (nSPS) is 14.6. The number of anilines is 2. The van der Waals surface area contributed by atoms with Crippen molar-refractivity contribution in [3.8, 4) is 11.3 Å². The lowest BCUT2D eigenvalue weighted by atomic mass is 10.2. The highest BCUT2D eigenvalue weighted by Crippen LogP contribution is 2.27. The van der Waals surface area contributed by atoms with Crippen LogP contribution in [0, 0.1) is 0 Å². The number of oxazole rings is 1. The van der Waals surface area contributed by atoms with Crippen LogP contribution in [0.2, 0.25) is 5.02 Å². The van der Waals surface area contributed by atoms with Crippen molar-refractivity contribution in [2.75, 3.05) is 42.9 Å². The second kappa shape index (κ2) is 9.98. The summed E-state index contributed by atoms with van der Waals surface area (Å²) in [4.78, 5) is 21.7. The Kier molecular flexibility index (Phi) is 6.89. The maximum Gasteiger partial charge on any atom is 0.224 e. The standard InChI is InChI=1S/C24H27ClN4O2/c1-2-28-13-15-29(16-14-28)21-6-4-3-5-20(21)27-23(30)11-12-24-26-17-22(31-24)18-7-9-19(25)10-8-18/h3-10,17H,2,11-16H2,1H3,(H,27,30). The minimum atomic E-state index is -0.0501. The molecule has 0 unspecified atom stereocenters. The molecule has 0 aliphatic carbocycles. The van der Waals surface area contributed by atoms with Gasteiger partial charge in [-0.05, 0) is 42.9 Å². The molecule has 4 rings (SSSR count). The minimum absolute atomic E-state index is 0.0501. The molecule has 3 aromatic rings. The molecule has 31 heavy (non-hydrogen) atoms. The molecule has 1 fully saturated rings. The first-order valence-corrected chi connectivity index (χ1v) is 11.1.